The number of hydrogen-bond donors (Lipinski definition) is 0. The number of benzene rings is 2. The molecule has 0 amide bonds. The molecule has 134 valence electrons. The van der Waals surface area contributed by atoms with E-state index in [4.69, 9.17) is 16.3 Å². The molecule has 0 aliphatic rings. The molecule has 0 radical (unpaired) electrons. The van der Waals surface area contributed by atoms with Crippen LogP contribution in [0.2, 0.25) is 5.02 Å². The predicted octanol–water partition coefficient (Wildman–Crippen LogP) is 3.27. The molecule has 6 nitrogen and oxygen atoms in total. The third-order valence-electron chi connectivity index (χ3n) is 3.74. The molecule has 8 heteroatoms. The van der Waals surface area contributed by atoms with Gasteiger partial charge in [0.15, 0.2) is 0 Å². The van der Waals surface area contributed by atoms with Crippen LogP contribution in [0, 0.1) is 6.92 Å². The fourth-order valence-corrected chi connectivity index (χ4v) is 3.75. The predicted molar refractivity (Wildman–Crippen MR) is 96.1 cm³/mol. The summed E-state index contributed by atoms with van der Waals surface area (Å²) >= 11 is 5.98. The Bertz CT molecular complexity index is 911. The average molecular weight is 384 g/mol. The molecule has 0 bridgehead atoms. The van der Waals surface area contributed by atoms with Crippen molar-refractivity contribution in [1.82, 2.24) is 0 Å². The molecular weight excluding hydrogens is 366 g/mol. The minimum atomic E-state index is -3.82. The van der Waals surface area contributed by atoms with Gasteiger partial charge in [0, 0.05) is 7.05 Å². The molecule has 2 aromatic carbocycles. The molecule has 2 aromatic rings. The third kappa shape index (κ3) is 3.72. The molecule has 0 aliphatic carbocycles. The van der Waals surface area contributed by atoms with E-state index >= 15 is 0 Å². The van der Waals surface area contributed by atoms with Gasteiger partial charge in [0.1, 0.15) is 5.75 Å². The molecule has 0 aromatic heterocycles. The van der Waals surface area contributed by atoms with Gasteiger partial charge < -0.3 is 9.47 Å². The van der Waals surface area contributed by atoms with Crippen LogP contribution in [-0.4, -0.2) is 35.7 Å². The van der Waals surface area contributed by atoms with E-state index in [2.05, 4.69) is 4.74 Å². The lowest BCUT2D eigenvalue weighted by molar-refractivity contribution is 0.0601. The number of nitrogens with zero attached hydrogens (tertiary/aromatic N) is 1. The minimum absolute atomic E-state index is 0.0922. The number of esters is 1. The molecule has 0 fully saturated rings. The summed E-state index contributed by atoms with van der Waals surface area (Å²) in [6.07, 6.45) is 0. The summed E-state index contributed by atoms with van der Waals surface area (Å²) in [6.45, 7) is 1.76. The topological polar surface area (TPSA) is 72.9 Å². The van der Waals surface area contributed by atoms with Crippen LogP contribution in [0.5, 0.6) is 5.75 Å². The quantitative estimate of drug-likeness (QED) is 0.741. The van der Waals surface area contributed by atoms with Crippen LogP contribution in [0.3, 0.4) is 0 Å². The first kappa shape index (κ1) is 19.1. The van der Waals surface area contributed by atoms with E-state index in [1.54, 1.807) is 13.0 Å². The number of carbonyl (C=O) groups is 1. The Morgan fingerprint density at radius 1 is 1.12 bits per heavy atom. The van der Waals surface area contributed by atoms with Crippen molar-refractivity contribution in [2.75, 3.05) is 25.6 Å². The van der Waals surface area contributed by atoms with Crippen molar-refractivity contribution in [1.29, 1.82) is 0 Å². The first-order chi connectivity index (χ1) is 11.7. The highest BCUT2D eigenvalue weighted by atomic mass is 35.5. The Balaban J connectivity index is 2.47. The van der Waals surface area contributed by atoms with Crippen molar-refractivity contribution in [3.05, 3.63) is 52.5 Å². The minimum Gasteiger partial charge on any atom is -0.496 e. The zero-order valence-corrected chi connectivity index (χ0v) is 15.8. The molecule has 2 rings (SSSR count). The van der Waals surface area contributed by atoms with E-state index < -0.39 is 16.0 Å². The van der Waals surface area contributed by atoms with Gasteiger partial charge >= 0.3 is 5.97 Å². The van der Waals surface area contributed by atoms with Crippen molar-refractivity contribution in [3.63, 3.8) is 0 Å². The Labute approximate surface area is 152 Å². The van der Waals surface area contributed by atoms with Crippen LogP contribution in [-0.2, 0) is 14.8 Å². The number of rotatable bonds is 5. The maximum Gasteiger partial charge on any atom is 0.339 e. The highest BCUT2D eigenvalue weighted by Gasteiger charge is 2.23. The van der Waals surface area contributed by atoms with Crippen molar-refractivity contribution in [2.45, 2.75) is 11.8 Å². The Morgan fingerprint density at radius 2 is 1.80 bits per heavy atom. The lowest BCUT2D eigenvalue weighted by Crippen LogP contribution is -2.27. The molecular formula is C17H18ClNO5S. The summed E-state index contributed by atoms with van der Waals surface area (Å²) < 4.78 is 36.6. The van der Waals surface area contributed by atoms with E-state index in [0.717, 1.165) is 4.31 Å². The Kier molecular flexibility index (Phi) is 5.59. The molecule has 0 saturated carbocycles. The van der Waals surface area contributed by atoms with Gasteiger partial charge in [-0.1, -0.05) is 11.6 Å². The van der Waals surface area contributed by atoms with Gasteiger partial charge in [-0.25, -0.2) is 13.2 Å². The number of carbonyl (C=O) groups excluding carboxylic acids is 1. The number of anilines is 1. The van der Waals surface area contributed by atoms with Crippen LogP contribution < -0.4 is 9.04 Å². The molecule has 0 spiro atoms. The Hall–Kier alpha value is -2.25. The molecule has 0 heterocycles. The summed E-state index contributed by atoms with van der Waals surface area (Å²) in [5.41, 5.74) is 1.08. The van der Waals surface area contributed by atoms with E-state index in [0.29, 0.717) is 17.0 Å². The highest BCUT2D eigenvalue weighted by molar-refractivity contribution is 7.92. The van der Waals surface area contributed by atoms with E-state index in [1.807, 2.05) is 0 Å². The first-order valence-electron chi connectivity index (χ1n) is 7.23. The van der Waals surface area contributed by atoms with Gasteiger partial charge in [-0.05, 0) is 48.9 Å². The fourth-order valence-electron chi connectivity index (χ4n) is 2.28. The number of ether oxygens (including phenoxy) is 2. The first-order valence-corrected chi connectivity index (χ1v) is 9.05. The smallest absolute Gasteiger partial charge is 0.339 e. The molecule has 0 unspecified atom stereocenters. The Morgan fingerprint density at radius 3 is 2.36 bits per heavy atom. The third-order valence-corrected chi connectivity index (χ3v) is 5.85. The zero-order chi connectivity index (χ0) is 18.8. The van der Waals surface area contributed by atoms with Gasteiger partial charge in [-0.15, -0.1) is 0 Å². The molecule has 0 atom stereocenters. The lowest BCUT2D eigenvalue weighted by Gasteiger charge is -2.21. The summed E-state index contributed by atoms with van der Waals surface area (Å²) in [4.78, 5) is 11.9. The molecule has 25 heavy (non-hydrogen) atoms. The number of sulfonamides is 1. The summed E-state index contributed by atoms with van der Waals surface area (Å²) in [5.74, 6) is -0.0426. The number of aryl methyl sites for hydroxylation is 1. The van der Waals surface area contributed by atoms with Crippen LogP contribution in [0.15, 0.2) is 41.3 Å². The second-order valence-electron chi connectivity index (χ2n) is 5.26. The maximum absolute atomic E-state index is 12.9. The van der Waals surface area contributed by atoms with E-state index in [-0.39, 0.29) is 15.5 Å². The SMILES string of the molecule is COC(=O)c1cc(N(C)S(=O)(=O)c2ccc(OC)c(C)c2)ccc1Cl. The van der Waals surface area contributed by atoms with Crippen molar-refractivity contribution in [2.24, 2.45) is 0 Å². The zero-order valence-electron chi connectivity index (χ0n) is 14.2. The van der Waals surface area contributed by atoms with Gasteiger partial charge in [-0.2, -0.15) is 0 Å². The average Bonchev–Trinajstić information content (AvgIpc) is 2.60. The largest absolute Gasteiger partial charge is 0.496 e. The summed E-state index contributed by atoms with van der Waals surface area (Å²) in [7, 11) is 0.330. The van der Waals surface area contributed by atoms with Crippen LogP contribution in [0.1, 0.15) is 15.9 Å². The van der Waals surface area contributed by atoms with Crippen molar-refractivity contribution >= 4 is 33.3 Å². The van der Waals surface area contributed by atoms with Crippen LogP contribution >= 0.6 is 11.6 Å². The second kappa shape index (κ2) is 7.33. The highest BCUT2D eigenvalue weighted by Crippen LogP contribution is 2.29. The van der Waals surface area contributed by atoms with Crippen LogP contribution in [0.25, 0.3) is 0 Å². The molecule has 0 N–H and O–H groups in total. The van der Waals surface area contributed by atoms with E-state index in [9.17, 15) is 13.2 Å². The van der Waals surface area contributed by atoms with Gasteiger partial charge in [-0.3, -0.25) is 4.31 Å². The fraction of sp³-hybridized carbons (Fsp3) is 0.235. The lowest BCUT2D eigenvalue weighted by atomic mass is 10.2. The summed E-state index contributed by atoms with van der Waals surface area (Å²) in [6, 6.07) is 8.94. The molecule has 0 saturated heterocycles. The van der Waals surface area contributed by atoms with Crippen molar-refractivity contribution < 1.29 is 22.7 Å². The number of methoxy groups -OCH3 is 2. The van der Waals surface area contributed by atoms with Crippen LogP contribution in [0.4, 0.5) is 5.69 Å². The number of halogens is 1. The monoisotopic (exact) mass is 383 g/mol. The van der Waals surface area contributed by atoms with Gasteiger partial charge in [0.2, 0.25) is 0 Å². The van der Waals surface area contributed by atoms with Gasteiger partial charge in [0.05, 0.1) is 35.4 Å². The standard InChI is InChI=1S/C17H18ClNO5S/c1-11-9-13(6-8-16(11)23-3)25(21,22)19(2)12-5-7-15(18)14(10-12)17(20)24-4/h5-10H,1-4H3. The second-order valence-corrected chi connectivity index (χ2v) is 7.64. The van der Waals surface area contributed by atoms with Gasteiger partial charge in [0.25, 0.3) is 10.0 Å². The maximum atomic E-state index is 12.9. The summed E-state index contributed by atoms with van der Waals surface area (Å²) in [5, 5.41) is 0.182. The van der Waals surface area contributed by atoms with Crippen molar-refractivity contribution in [3.8, 4) is 5.75 Å². The number of hydrogen-bond acceptors (Lipinski definition) is 5. The normalized spacial score (nSPS) is 11.1. The molecule has 0 aliphatic heterocycles. The van der Waals surface area contributed by atoms with E-state index in [1.165, 1.54) is 51.6 Å².